The molecule has 0 saturated carbocycles. The van der Waals surface area contributed by atoms with Gasteiger partial charge in [-0.25, -0.2) is 0 Å². The summed E-state index contributed by atoms with van der Waals surface area (Å²) < 4.78 is 5.73. The number of nitrogens with one attached hydrogen (secondary N) is 1. The highest BCUT2D eigenvalue weighted by atomic mass is 16.3. The van der Waals surface area contributed by atoms with Crippen LogP contribution in [0.4, 0.5) is 5.69 Å². The lowest BCUT2D eigenvalue weighted by atomic mass is 10.1. The lowest BCUT2D eigenvalue weighted by Gasteiger charge is -2.06. The molecule has 0 aliphatic carbocycles. The largest absolute Gasteiger partial charge is 0.451 e. The summed E-state index contributed by atoms with van der Waals surface area (Å²) in [6, 6.07) is 11.8. The van der Waals surface area contributed by atoms with Gasteiger partial charge in [0, 0.05) is 16.6 Å². The van der Waals surface area contributed by atoms with Crippen LogP contribution in [-0.4, -0.2) is 5.91 Å². The van der Waals surface area contributed by atoms with Gasteiger partial charge in [-0.1, -0.05) is 17.7 Å². The van der Waals surface area contributed by atoms with Crippen molar-refractivity contribution in [2.75, 3.05) is 5.32 Å². The van der Waals surface area contributed by atoms with Gasteiger partial charge in [-0.3, -0.25) is 4.79 Å². The number of benzene rings is 2. The van der Waals surface area contributed by atoms with Crippen molar-refractivity contribution in [3.63, 3.8) is 0 Å². The van der Waals surface area contributed by atoms with Gasteiger partial charge < -0.3 is 9.73 Å². The zero-order valence-electron chi connectivity index (χ0n) is 13.3. The summed E-state index contributed by atoms with van der Waals surface area (Å²) in [5.74, 6) is 0.161. The van der Waals surface area contributed by atoms with Crippen LogP contribution in [0.5, 0.6) is 0 Å². The Hall–Kier alpha value is -2.55. The first-order valence-corrected chi connectivity index (χ1v) is 7.34. The van der Waals surface area contributed by atoms with Crippen LogP contribution < -0.4 is 5.32 Å². The van der Waals surface area contributed by atoms with Gasteiger partial charge >= 0.3 is 0 Å². The molecular formula is C19H19NO2. The molecule has 0 aliphatic rings. The first-order chi connectivity index (χ1) is 10.5. The molecule has 0 spiro atoms. The smallest absolute Gasteiger partial charge is 0.291 e. The zero-order chi connectivity index (χ0) is 15.9. The highest BCUT2D eigenvalue weighted by Crippen LogP contribution is 2.27. The van der Waals surface area contributed by atoms with E-state index in [1.807, 2.05) is 64.1 Å². The Balaban J connectivity index is 1.95. The van der Waals surface area contributed by atoms with E-state index in [0.29, 0.717) is 5.76 Å². The van der Waals surface area contributed by atoms with E-state index in [1.165, 1.54) is 5.56 Å². The Morgan fingerprint density at radius 3 is 2.45 bits per heavy atom. The fourth-order valence-corrected chi connectivity index (χ4v) is 2.56. The molecule has 0 fully saturated rings. The van der Waals surface area contributed by atoms with Crippen molar-refractivity contribution in [3.8, 4) is 0 Å². The van der Waals surface area contributed by atoms with E-state index in [9.17, 15) is 4.79 Å². The molecule has 0 unspecified atom stereocenters. The summed E-state index contributed by atoms with van der Waals surface area (Å²) >= 11 is 0. The van der Waals surface area contributed by atoms with Gasteiger partial charge in [0.25, 0.3) is 5.91 Å². The van der Waals surface area contributed by atoms with E-state index in [-0.39, 0.29) is 5.91 Å². The number of amides is 1. The maximum Gasteiger partial charge on any atom is 0.291 e. The molecule has 1 heterocycles. The van der Waals surface area contributed by atoms with Gasteiger partial charge in [0.1, 0.15) is 5.58 Å². The molecule has 0 radical (unpaired) electrons. The molecule has 0 aliphatic heterocycles. The topological polar surface area (TPSA) is 42.2 Å². The second kappa shape index (κ2) is 5.34. The first kappa shape index (κ1) is 14.4. The van der Waals surface area contributed by atoms with Crippen LogP contribution in [0.25, 0.3) is 11.0 Å². The predicted octanol–water partition coefficient (Wildman–Crippen LogP) is 4.92. The lowest BCUT2D eigenvalue weighted by molar-refractivity contribution is 0.0998. The molecule has 3 aromatic rings. The quantitative estimate of drug-likeness (QED) is 0.728. The van der Waals surface area contributed by atoms with Gasteiger partial charge in [-0.15, -0.1) is 0 Å². The molecule has 0 bridgehead atoms. The summed E-state index contributed by atoms with van der Waals surface area (Å²) in [5.41, 5.74) is 5.90. The number of rotatable bonds is 2. The van der Waals surface area contributed by atoms with Crippen LogP contribution in [-0.2, 0) is 0 Å². The predicted molar refractivity (Wildman–Crippen MR) is 89.6 cm³/mol. The Bertz CT molecular complexity index is 875. The third kappa shape index (κ3) is 2.50. The molecule has 1 aromatic heterocycles. The average molecular weight is 293 g/mol. The molecule has 3 heteroatoms. The average Bonchev–Trinajstić information content (AvgIpc) is 2.80. The number of carbonyl (C=O) groups is 1. The summed E-state index contributed by atoms with van der Waals surface area (Å²) in [4.78, 5) is 12.5. The lowest BCUT2D eigenvalue weighted by Crippen LogP contribution is -2.12. The van der Waals surface area contributed by atoms with E-state index in [4.69, 9.17) is 4.42 Å². The van der Waals surface area contributed by atoms with Gasteiger partial charge in [0.15, 0.2) is 5.76 Å². The van der Waals surface area contributed by atoms with E-state index < -0.39 is 0 Å². The minimum atomic E-state index is -0.213. The highest BCUT2D eigenvalue weighted by Gasteiger charge is 2.17. The third-order valence-corrected chi connectivity index (χ3v) is 4.06. The maximum atomic E-state index is 12.5. The number of furan rings is 1. The van der Waals surface area contributed by atoms with Crippen molar-refractivity contribution < 1.29 is 9.21 Å². The molecule has 22 heavy (non-hydrogen) atoms. The van der Waals surface area contributed by atoms with Gasteiger partial charge in [0.2, 0.25) is 0 Å². The van der Waals surface area contributed by atoms with Gasteiger partial charge in [0.05, 0.1) is 0 Å². The van der Waals surface area contributed by atoms with Crippen LogP contribution in [0.3, 0.4) is 0 Å². The van der Waals surface area contributed by atoms with Crippen LogP contribution in [0.1, 0.15) is 32.8 Å². The molecule has 1 amide bonds. The van der Waals surface area contributed by atoms with E-state index >= 15 is 0 Å². The molecule has 112 valence electrons. The van der Waals surface area contributed by atoms with Crippen molar-refractivity contribution in [2.45, 2.75) is 27.7 Å². The van der Waals surface area contributed by atoms with E-state index in [0.717, 1.165) is 33.3 Å². The van der Waals surface area contributed by atoms with Crippen molar-refractivity contribution in [1.82, 2.24) is 0 Å². The molecule has 3 rings (SSSR count). The molecule has 2 aromatic carbocycles. The van der Waals surface area contributed by atoms with Crippen molar-refractivity contribution in [2.24, 2.45) is 0 Å². The van der Waals surface area contributed by atoms with Gasteiger partial charge in [-0.2, -0.15) is 0 Å². The molecular weight excluding hydrogens is 274 g/mol. The van der Waals surface area contributed by atoms with Crippen LogP contribution >= 0.6 is 0 Å². The first-order valence-electron chi connectivity index (χ1n) is 7.34. The zero-order valence-corrected chi connectivity index (χ0v) is 13.3. The minimum Gasteiger partial charge on any atom is -0.451 e. The standard InChI is InChI=1S/C19H19NO2/c1-11-5-8-17-16(9-11)14(4)18(22-17)19(21)20-15-7-6-12(2)13(3)10-15/h5-10H,1-4H3,(H,20,21). The van der Waals surface area contributed by atoms with Crippen molar-refractivity contribution >= 4 is 22.6 Å². The summed E-state index contributed by atoms with van der Waals surface area (Å²) in [6.45, 7) is 8.02. The van der Waals surface area contributed by atoms with E-state index in [1.54, 1.807) is 0 Å². The summed E-state index contributed by atoms with van der Waals surface area (Å²) in [6.07, 6.45) is 0. The fourth-order valence-electron chi connectivity index (χ4n) is 2.56. The SMILES string of the molecule is Cc1ccc2oc(C(=O)Nc3ccc(C)c(C)c3)c(C)c2c1. The molecule has 3 nitrogen and oxygen atoms in total. The third-order valence-electron chi connectivity index (χ3n) is 4.06. The number of fused-ring (bicyclic) bond motifs is 1. The fraction of sp³-hybridized carbons (Fsp3) is 0.211. The normalized spacial score (nSPS) is 10.9. The van der Waals surface area contributed by atoms with Crippen LogP contribution in [0, 0.1) is 27.7 Å². The second-order valence-corrected chi connectivity index (χ2v) is 5.81. The highest BCUT2D eigenvalue weighted by molar-refractivity contribution is 6.06. The number of hydrogen-bond acceptors (Lipinski definition) is 2. The summed E-state index contributed by atoms with van der Waals surface area (Å²) in [5, 5.41) is 3.90. The monoisotopic (exact) mass is 293 g/mol. The number of carbonyl (C=O) groups excluding carboxylic acids is 1. The number of anilines is 1. The van der Waals surface area contributed by atoms with Crippen molar-refractivity contribution in [3.05, 3.63) is 64.4 Å². The molecule has 0 atom stereocenters. The Morgan fingerprint density at radius 2 is 1.73 bits per heavy atom. The number of aryl methyl sites for hydroxylation is 4. The minimum absolute atomic E-state index is 0.213. The Kier molecular flexibility index (Phi) is 3.49. The van der Waals surface area contributed by atoms with Crippen molar-refractivity contribution in [1.29, 1.82) is 0 Å². The van der Waals surface area contributed by atoms with Crippen LogP contribution in [0.15, 0.2) is 40.8 Å². The van der Waals surface area contributed by atoms with Crippen LogP contribution in [0.2, 0.25) is 0 Å². The summed E-state index contributed by atoms with van der Waals surface area (Å²) in [7, 11) is 0. The Morgan fingerprint density at radius 1 is 0.955 bits per heavy atom. The Labute approximate surface area is 130 Å². The molecule has 0 saturated heterocycles. The van der Waals surface area contributed by atoms with E-state index in [2.05, 4.69) is 5.32 Å². The maximum absolute atomic E-state index is 12.5. The van der Waals surface area contributed by atoms with Gasteiger partial charge in [-0.05, 0) is 63.1 Å². The number of hydrogen-bond donors (Lipinski definition) is 1. The second-order valence-electron chi connectivity index (χ2n) is 5.81. The molecule has 1 N–H and O–H groups in total.